The van der Waals surface area contributed by atoms with Crippen LogP contribution in [0.5, 0.6) is 0 Å². The molecule has 4 unspecified atom stereocenters. The van der Waals surface area contributed by atoms with Crippen molar-refractivity contribution in [3.8, 4) is 0 Å². The number of nitrogens with one attached hydrogen (secondary N) is 4. The number of aromatic nitrogens is 1. The minimum atomic E-state index is -1.50. The van der Waals surface area contributed by atoms with Crippen LogP contribution in [0.15, 0.2) is 60.8 Å². The molecule has 0 saturated carbocycles. The fourth-order valence-electron chi connectivity index (χ4n) is 4.10. The third-order valence-corrected chi connectivity index (χ3v) is 6.59. The Morgan fingerprint density at radius 2 is 1.43 bits per heavy atom. The van der Waals surface area contributed by atoms with Gasteiger partial charge in [-0.1, -0.05) is 48.5 Å². The molecule has 1 aromatic heterocycles. The number of amides is 4. The fourth-order valence-corrected chi connectivity index (χ4v) is 4.26. The highest BCUT2D eigenvalue weighted by Crippen LogP contribution is 2.19. The van der Waals surface area contributed by atoms with E-state index in [4.69, 9.17) is 11.5 Å². The normalized spacial score (nSPS) is 13.9. The summed E-state index contributed by atoms with van der Waals surface area (Å²) in [6.45, 7) is 0. The van der Waals surface area contributed by atoms with Gasteiger partial charge in [0, 0.05) is 35.7 Å². The van der Waals surface area contributed by atoms with E-state index in [9.17, 15) is 29.1 Å². The zero-order valence-corrected chi connectivity index (χ0v) is 22.4. The lowest BCUT2D eigenvalue weighted by Crippen LogP contribution is -2.58. The van der Waals surface area contributed by atoms with Crippen LogP contribution in [0.2, 0.25) is 0 Å². The van der Waals surface area contributed by atoms with Crippen LogP contribution in [-0.2, 0) is 36.8 Å². The Kier molecular flexibility index (Phi) is 10.7. The molecule has 12 nitrogen and oxygen atoms in total. The number of rotatable bonds is 14. The van der Waals surface area contributed by atoms with Gasteiger partial charge in [0.25, 0.3) is 0 Å². The first kappa shape index (κ1) is 30.2. The highest BCUT2D eigenvalue weighted by molar-refractivity contribution is 7.80. The maximum atomic E-state index is 13.4. The summed E-state index contributed by atoms with van der Waals surface area (Å²) < 4.78 is 0. The van der Waals surface area contributed by atoms with Gasteiger partial charge >= 0.3 is 5.97 Å². The highest BCUT2D eigenvalue weighted by Gasteiger charge is 2.31. The first-order valence-electron chi connectivity index (χ1n) is 12.5. The number of aliphatic carboxylic acids is 1. The zero-order chi connectivity index (χ0) is 29.2. The van der Waals surface area contributed by atoms with Crippen molar-refractivity contribution in [3.63, 3.8) is 0 Å². The molecular weight excluding hydrogens is 536 g/mol. The van der Waals surface area contributed by atoms with Crippen LogP contribution in [0.25, 0.3) is 10.9 Å². The Morgan fingerprint density at radius 1 is 0.825 bits per heavy atom. The van der Waals surface area contributed by atoms with E-state index in [0.717, 1.165) is 10.9 Å². The SMILES string of the molecule is NC(=O)CC(NC(=O)C(Cc1c[nH]c2ccccc12)NC(=O)C(N)CS)C(=O)NC(Cc1ccccc1)C(=O)O. The number of hydrogen-bond acceptors (Lipinski definition) is 7. The van der Waals surface area contributed by atoms with Crippen LogP contribution < -0.4 is 27.4 Å². The summed E-state index contributed by atoms with van der Waals surface area (Å²) in [6.07, 6.45) is 1.10. The summed E-state index contributed by atoms with van der Waals surface area (Å²) in [5.74, 6) is -4.52. The van der Waals surface area contributed by atoms with Crippen molar-refractivity contribution in [2.24, 2.45) is 11.5 Å². The molecule has 13 heteroatoms. The predicted molar refractivity (Wildman–Crippen MR) is 151 cm³/mol. The fraction of sp³-hybridized carbons (Fsp3) is 0.296. The number of carbonyl (C=O) groups excluding carboxylic acids is 4. The van der Waals surface area contributed by atoms with Gasteiger partial charge < -0.3 is 37.5 Å². The molecule has 0 aliphatic carbocycles. The van der Waals surface area contributed by atoms with Crippen molar-refractivity contribution in [3.05, 3.63) is 71.9 Å². The van der Waals surface area contributed by atoms with E-state index in [0.29, 0.717) is 11.1 Å². The molecule has 9 N–H and O–H groups in total. The number of para-hydroxylation sites is 1. The van der Waals surface area contributed by atoms with Gasteiger partial charge in [-0.2, -0.15) is 12.6 Å². The van der Waals surface area contributed by atoms with Crippen molar-refractivity contribution in [2.75, 3.05) is 5.75 Å². The van der Waals surface area contributed by atoms with Crippen LogP contribution in [0.4, 0.5) is 0 Å². The number of hydrogen-bond donors (Lipinski definition) is 8. The summed E-state index contributed by atoms with van der Waals surface area (Å²) in [7, 11) is 0. The molecule has 0 aliphatic rings. The topological polar surface area (TPSA) is 209 Å². The average molecular weight is 569 g/mol. The first-order valence-corrected chi connectivity index (χ1v) is 13.1. The van der Waals surface area contributed by atoms with Crippen LogP contribution in [0, 0.1) is 0 Å². The van der Waals surface area contributed by atoms with Gasteiger partial charge in [0.05, 0.1) is 12.5 Å². The van der Waals surface area contributed by atoms with E-state index in [1.807, 2.05) is 24.3 Å². The molecule has 1 heterocycles. The lowest BCUT2D eigenvalue weighted by atomic mass is 10.0. The van der Waals surface area contributed by atoms with Crippen LogP contribution in [0.3, 0.4) is 0 Å². The smallest absolute Gasteiger partial charge is 0.326 e. The Balaban J connectivity index is 1.81. The van der Waals surface area contributed by atoms with Gasteiger partial charge in [-0.25, -0.2) is 4.79 Å². The Bertz CT molecular complexity index is 1360. The minimum absolute atomic E-state index is 0.0253. The second-order valence-corrected chi connectivity index (χ2v) is 9.60. The van der Waals surface area contributed by atoms with E-state index in [2.05, 4.69) is 33.6 Å². The second-order valence-electron chi connectivity index (χ2n) is 9.23. The Labute approximate surface area is 235 Å². The van der Waals surface area contributed by atoms with E-state index in [1.54, 1.807) is 36.5 Å². The summed E-state index contributed by atoms with van der Waals surface area (Å²) in [6, 6.07) is 11.0. The number of carbonyl (C=O) groups is 5. The number of benzene rings is 2. The van der Waals surface area contributed by atoms with Crippen LogP contribution in [-0.4, -0.2) is 69.6 Å². The monoisotopic (exact) mass is 568 g/mol. The molecule has 0 bridgehead atoms. The third kappa shape index (κ3) is 8.32. The summed E-state index contributed by atoms with van der Waals surface area (Å²) in [4.78, 5) is 65.8. The molecule has 40 heavy (non-hydrogen) atoms. The van der Waals surface area contributed by atoms with E-state index in [1.165, 1.54) is 0 Å². The van der Waals surface area contributed by atoms with Crippen LogP contribution >= 0.6 is 12.6 Å². The quantitative estimate of drug-likeness (QED) is 0.121. The number of fused-ring (bicyclic) bond motifs is 1. The largest absolute Gasteiger partial charge is 0.480 e. The van der Waals surface area contributed by atoms with Gasteiger partial charge in [0.15, 0.2) is 0 Å². The lowest BCUT2D eigenvalue weighted by Gasteiger charge is -2.24. The van der Waals surface area contributed by atoms with Gasteiger partial charge in [-0.05, 0) is 17.2 Å². The number of primary amides is 1. The molecule has 0 fully saturated rings. The van der Waals surface area contributed by atoms with Crippen molar-refractivity contribution in [1.82, 2.24) is 20.9 Å². The second kappa shape index (κ2) is 14.1. The van der Waals surface area contributed by atoms with Crippen molar-refractivity contribution in [2.45, 2.75) is 43.4 Å². The molecule has 0 aliphatic heterocycles. The molecule has 2 aromatic carbocycles. The van der Waals surface area contributed by atoms with Gasteiger partial charge in [-0.15, -0.1) is 0 Å². The van der Waals surface area contributed by atoms with Crippen LogP contribution in [0.1, 0.15) is 17.5 Å². The van der Waals surface area contributed by atoms with Gasteiger partial charge in [0.2, 0.25) is 23.6 Å². The van der Waals surface area contributed by atoms with Gasteiger partial charge in [-0.3, -0.25) is 19.2 Å². The molecule has 3 aromatic rings. The molecule has 4 amide bonds. The van der Waals surface area contributed by atoms with Crippen molar-refractivity contribution >= 4 is 53.1 Å². The van der Waals surface area contributed by atoms with E-state index >= 15 is 0 Å². The average Bonchev–Trinajstić information content (AvgIpc) is 3.34. The molecular formula is C27H32N6O6S. The zero-order valence-electron chi connectivity index (χ0n) is 21.5. The van der Waals surface area contributed by atoms with Gasteiger partial charge in [0.1, 0.15) is 18.1 Å². The lowest BCUT2D eigenvalue weighted by molar-refractivity contribution is -0.142. The summed E-state index contributed by atoms with van der Waals surface area (Å²) >= 11 is 4.03. The third-order valence-electron chi connectivity index (χ3n) is 6.20. The molecule has 4 atom stereocenters. The molecule has 3 rings (SSSR count). The summed E-state index contributed by atoms with van der Waals surface area (Å²) in [5.41, 5.74) is 13.3. The number of H-pyrrole nitrogens is 1. The number of nitrogens with two attached hydrogens (primary N) is 2. The number of aromatic amines is 1. The van der Waals surface area contributed by atoms with Crippen molar-refractivity contribution in [1.29, 1.82) is 0 Å². The Hall–Kier alpha value is -4.36. The number of carboxylic acid groups (broad SMARTS) is 1. The molecule has 212 valence electrons. The first-order chi connectivity index (χ1) is 19.1. The highest BCUT2D eigenvalue weighted by atomic mass is 32.1. The minimum Gasteiger partial charge on any atom is -0.480 e. The van der Waals surface area contributed by atoms with Crippen molar-refractivity contribution < 1.29 is 29.1 Å². The maximum absolute atomic E-state index is 13.4. The maximum Gasteiger partial charge on any atom is 0.326 e. The molecule has 0 saturated heterocycles. The Morgan fingerprint density at radius 3 is 2.08 bits per heavy atom. The molecule has 0 spiro atoms. The summed E-state index contributed by atoms with van der Waals surface area (Å²) in [5, 5.41) is 17.9. The molecule has 0 radical (unpaired) electrons. The number of carboxylic acids is 1. The predicted octanol–water partition coefficient (Wildman–Crippen LogP) is -0.375. The standard InChI is InChI=1S/C27H32N6O6S/c28-18(14-40)24(35)31-20(11-16-13-30-19-9-5-4-8-17(16)19)25(36)32-21(12-23(29)34)26(37)33-22(27(38)39)10-15-6-2-1-3-7-15/h1-9,13,18,20-22,30,40H,10-12,14,28H2,(H2,29,34)(H,31,35)(H,32,36)(H,33,37)(H,38,39). The van der Waals surface area contributed by atoms with E-state index in [-0.39, 0.29) is 18.6 Å². The van der Waals surface area contributed by atoms with E-state index < -0.39 is 60.2 Å². The number of thiol groups is 1.